The molecule has 0 amide bonds. The van der Waals surface area contributed by atoms with E-state index in [1.807, 2.05) is 4.24 Å². The molecule has 0 aromatic rings. The summed E-state index contributed by atoms with van der Waals surface area (Å²) in [6.07, 6.45) is 1.58. The molecule has 1 atom stereocenters. The zero-order chi connectivity index (χ0) is 8.32. The van der Waals surface area contributed by atoms with Crippen LogP contribution >= 0.6 is 11.8 Å². The predicted molar refractivity (Wildman–Crippen MR) is 43.8 cm³/mol. The van der Waals surface area contributed by atoms with Gasteiger partial charge >= 0.3 is 0 Å². The van der Waals surface area contributed by atoms with Crippen molar-refractivity contribution in [2.24, 2.45) is 0 Å². The largest absolute Gasteiger partial charge is 0.315 e. The van der Waals surface area contributed by atoms with Crippen LogP contribution in [0.2, 0.25) is 0 Å². The monoisotopic (exact) mass is 198 g/mol. The first kappa shape index (κ1) is 9.25. The highest BCUT2D eigenvalue weighted by Crippen LogP contribution is 2.10. The maximum atomic E-state index is 11.1. The van der Waals surface area contributed by atoms with Crippen LogP contribution in [0.1, 0.15) is 12.8 Å². The average molecular weight is 199 g/mol. The van der Waals surface area contributed by atoms with Gasteiger partial charge in [0.15, 0.2) is 0 Å². The van der Waals surface area contributed by atoms with Crippen molar-refractivity contribution in [2.75, 3.05) is 13.1 Å². The summed E-state index contributed by atoms with van der Waals surface area (Å²) in [7, 11) is -3.27. The Kier molecular flexibility index (Phi) is 3.12. The van der Waals surface area contributed by atoms with Gasteiger partial charge in [-0.3, -0.25) is 0 Å². The first-order chi connectivity index (χ1) is 5.17. The summed E-state index contributed by atoms with van der Waals surface area (Å²) in [4.78, 5) is 0. The Hall–Kier alpha value is 0.160. The third kappa shape index (κ3) is 2.30. The minimum absolute atomic E-state index is 0.367. The Morgan fingerprint density at radius 1 is 1.55 bits per heavy atom. The molecule has 1 aliphatic rings. The molecule has 0 aromatic heterocycles. The number of sulfonamides is 1. The van der Waals surface area contributed by atoms with Crippen molar-refractivity contribution in [3.63, 3.8) is 0 Å². The molecule has 66 valence electrons. The normalized spacial score (nSPS) is 26.8. The summed E-state index contributed by atoms with van der Waals surface area (Å²) in [5.41, 5.74) is 0. The van der Waals surface area contributed by atoms with Gasteiger partial charge in [0.25, 0.3) is 0 Å². The van der Waals surface area contributed by atoms with Gasteiger partial charge in [-0.05, 0) is 31.2 Å². The number of halogens is 1. The van der Waals surface area contributed by atoms with Crippen LogP contribution in [0.3, 0.4) is 0 Å². The average Bonchev–Trinajstić information content (AvgIpc) is 2.06. The fourth-order valence-corrected chi connectivity index (χ4v) is 2.47. The Morgan fingerprint density at radius 2 is 2.27 bits per heavy atom. The summed E-state index contributed by atoms with van der Waals surface area (Å²) in [5, 5.41) is 2.63. The van der Waals surface area contributed by atoms with Gasteiger partial charge in [-0.15, -0.1) is 4.24 Å². The maximum Gasteiger partial charge on any atom is 0.229 e. The second-order valence-corrected chi connectivity index (χ2v) is 4.96. The van der Waals surface area contributed by atoms with Gasteiger partial charge in [-0.1, -0.05) is 0 Å². The van der Waals surface area contributed by atoms with E-state index in [0.29, 0.717) is 13.0 Å². The molecule has 1 rings (SSSR count). The molecule has 1 heterocycles. The molecule has 0 aromatic carbocycles. The zero-order valence-corrected chi connectivity index (χ0v) is 7.58. The quantitative estimate of drug-likeness (QED) is 0.605. The van der Waals surface area contributed by atoms with Crippen molar-refractivity contribution in [3.05, 3.63) is 0 Å². The lowest BCUT2D eigenvalue weighted by atomic mass is 10.2. The first-order valence-corrected chi connectivity index (χ1v) is 5.41. The fourth-order valence-electron chi connectivity index (χ4n) is 1.15. The highest BCUT2D eigenvalue weighted by molar-refractivity contribution is 7.91. The molecule has 0 aliphatic carbocycles. The van der Waals surface area contributed by atoms with Gasteiger partial charge in [-0.25, -0.2) is 8.42 Å². The molecule has 0 spiro atoms. The molecule has 11 heavy (non-hydrogen) atoms. The van der Waals surface area contributed by atoms with Crippen molar-refractivity contribution in [1.82, 2.24) is 9.56 Å². The van der Waals surface area contributed by atoms with Crippen molar-refractivity contribution >= 4 is 21.8 Å². The summed E-state index contributed by atoms with van der Waals surface area (Å²) in [5.74, 6) is 0. The molecular weight excluding hydrogens is 188 g/mol. The molecule has 0 bridgehead atoms. The van der Waals surface area contributed by atoms with Crippen molar-refractivity contribution in [2.45, 2.75) is 18.1 Å². The molecule has 1 fully saturated rings. The second kappa shape index (κ2) is 3.71. The van der Waals surface area contributed by atoms with Gasteiger partial charge < -0.3 is 5.32 Å². The van der Waals surface area contributed by atoms with Gasteiger partial charge in [-0.2, -0.15) is 0 Å². The molecule has 6 heteroatoms. The molecule has 4 nitrogen and oxygen atoms in total. The number of rotatable bonds is 2. The number of nitrogens with one attached hydrogen (secondary N) is 2. The van der Waals surface area contributed by atoms with E-state index < -0.39 is 10.0 Å². The third-order valence-electron chi connectivity index (χ3n) is 1.80. The Balaban J connectivity index is 2.58. The smallest absolute Gasteiger partial charge is 0.229 e. The minimum atomic E-state index is -3.27. The number of piperidine rings is 1. The van der Waals surface area contributed by atoms with Crippen molar-refractivity contribution < 1.29 is 8.42 Å². The van der Waals surface area contributed by atoms with E-state index in [2.05, 4.69) is 5.32 Å². The van der Waals surface area contributed by atoms with Crippen LogP contribution in [0.4, 0.5) is 0 Å². The SMILES string of the molecule is O=S(=O)(NCl)[C@@H]1CCCNC1. The molecule has 1 saturated heterocycles. The number of hydrogen-bond donors (Lipinski definition) is 2. The molecule has 2 N–H and O–H groups in total. The molecule has 0 unspecified atom stereocenters. The Labute approximate surface area is 71.5 Å². The van der Waals surface area contributed by atoms with Crippen LogP contribution < -0.4 is 9.56 Å². The van der Waals surface area contributed by atoms with E-state index in [9.17, 15) is 8.42 Å². The topological polar surface area (TPSA) is 58.2 Å². The predicted octanol–water partition coefficient (Wildman–Crippen LogP) is -0.188. The second-order valence-electron chi connectivity index (χ2n) is 2.59. The van der Waals surface area contributed by atoms with E-state index in [0.717, 1.165) is 13.0 Å². The van der Waals surface area contributed by atoms with Crippen LogP contribution in [-0.2, 0) is 10.0 Å². The summed E-state index contributed by atoms with van der Waals surface area (Å²) in [6.45, 7) is 1.40. The van der Waals surface area contributed by atoms with E-state index >= 15 is 0 Å². The van der Waals surface area contributed by atoms with E-state index in [1.165, 1.54) is 0 Å². The van der Waals surface area contributed by atoms with Crippen LogP contribution in [0.25, 0.3) is 0 Å². The maximum absolute atomic E-state index is 11.1. The Bertz CT molecular complexity index is 211. The first-order valence-electron chi connectivity index (χ1n) is 3.49. The van der Waals surface area contributed by atoms with Crippen LogP contribution in [-0.4, -0.2) is 26.8 Å². The molecule has 1 aliphatic heterocycles. The van der Waals surface area contributed by atoms with E-state index in [4.69, 9.17) is 11.8 Å². The zero-order valence-electron chi connectivity index (χ0n) is 6.01. The molecule has 0 saturated carbocycles. The van der Waals surface area contributed by atoms with Crippen LogP contribution in [0, 0.1) is 0 Å². The number of hydrogen-bond acceptors (Lipinski definition) is 3. The van der Waals surface area contributed by atoms with E-state index in [-0.39, 0.29) is 5.25 Å². The van der Waals surface area contributed by atoms with E-state index in [1.54, 1.807) is 0 Å². The van der Waals surface area contributed by atoms with Crippen molar-refractivity contribution in [1.29, 1.82) is 0 Å². The standard InChI is InChI=1S/C5H11ClN2O2S/c6-8-11(9,10)5-2-1-3-7-4-5/h5,7-8H,1-4H2/t5-/m1/s1. The minimum Gasteiger partial charge on any atom is -0.315 e. The van der Waals surface area contributed by atoms with Crippen LogP contribution in [0.15, 0.2) is 0 Å². The summed E-state index contributed by atoms with van der Waals surface area (Å²) >= 11 is 5.06. The summed E-state index contributed by atoms with van der Waals surface area (Å²) in [6, 6.07) is 0. The molecular formula is C5H11ClN2O2S. The van der Waals surface area contributed by atoms with Gasteiger partial charge in [0.05, 0.1) is 5.25 Å². The third-order valence-corrected chi connectivity index (χ3v) is 3.94. The highest BCUT2D eigenvalue weighted by Gasteiger charge is 2.25. The fraction of sp³-hybridized carbons (Fsp3) is 1.00. The van der Waals surface area contributed by atoms with Gasteiger partial charge in [0, 0.05) is 6.54 Å². The van der Waals surface area contributed by atoms with Crippen LogP contribution in [0.5, 0.6) is 0 Å². The van der Waals surface area contributed by atoms with Gasteiger partial charge in [0.1, 0.15) is 0 Å². The highest BCUT2D eigenvalue weighted by atomic mass is 35.5. The summed E-state index contributed by atoms with van der Waals surface area (Å²) < 4.78 is 24.0. The lowest BCUT2D eigenvalue weighted by Gasteiger charge is -2.21. The van der Waals surface area contributed by atoms with Gasteiger partial charge in [0.2, 0.25) is 10.0 Å². The lowest BCUT2D eigenvalue weighted by Crippen LogP contribution is -2.41. The Morgan fingerprint density at radius 3 is 2.73 bits per heavy atom. The van der Waals surface area contributed by atoms with Crippen molar-refractivity contribution in [3.8, 4) is 0 Å². The molecule has 0 radical (unpaired) electrons. The lowest BCUT2D eigenvalue weighted by molar-refractivity contribution is 0.495.